The molecule has 3 rings (SSSR count). The number of rotatable bonds is 8. The van der Waals surface area contributed by atoms with Crippen LogP contribution in [0.2, 0.25) is 0 Å². The second-order valence-electron chi connectivity index (χ2n) is 6.77. The minimum atomic E-state index is -0.200. The molecule has 0 bridgehead atoms. The fourth-order valence-corrected chi connectivity index (χ4v) is 3.32. The van der Waals surface area contributed by atoms with E-state index in [1.165, 1.54) is 32.1 Å². The number of para-hydroxylation sites is 2. The lowest BCUT2D eigenvalue weighted by molar-refractivity contribution is -0.118. The highest BCUT2D eigenvalue weighted by Crippen LogP contribution is 2.26. The van der Waals surface area contributed by atoms with Gasteiger partial charge in [0.15, 0.2) is 18.1 Å². The lowest BCUT2D eigenvalue weighted by Gasteiger charge is -2.23. The van der Waals surface area contributed by atoms with Crippen LogP contribution < -0.4 is 20.1 Å². The van der Waals surface area contributed by atoms with Crippen molar-refractivity contribution >= 4 is 17.3 Å². The molecule has 1 saturated carbocycles. The quantitative estimate of drug-likeness (QED) is 0.699. The average molecular weight is 368 g/mol. The van der Waals surface area contributed by atoms with E-state index >= 15 is 0 Å². The largest absolute Gasteiger partial charge is 0.490 e. The van der Waals surface area contributed by atoms with E-state index in [0.717, 1.165) is 11.4 Å². The maximum absolute atomic E-state index is 12.2. The van der Waals surface area contributed by atoms with Crippen molar-refractivity contribution in [3.05, 3.63) is 48.5 Å². The van der Waals surface area contributed by atoms with Gasteiger partial charge in [-0.1, -0.05) is 31.4 Å². The fraction of sp³-hybridized carbons (Fsp3) is 0.409. The van der Waals surface area contributed by atoms with Crippen LogP contribution in [0, 0.1) is 0 Å². The lowest BCUT2D eigenvalue weighted by atomic mass is 9.95. The molecule has 2 aromatic rings. The van der Waals surface area contributed by atoms with E-state index in [4.69, 9.17) is 9.47 Å². The summed E-state index contributed by atoms with van der Waals surface area (Å²) >= 11 is 0. The van der Waals surface area contributed by atoms with E-state index in [0.29, 0.717) is 24.1 Å². The zero-order chi connectivity index (χ0) is 18.9. The van der Waals surface area contributed by atoms with Crippen molar-refractivity contribution in [2.75, 3.05) is 23.8 Å². The van der Waals surface area contributed by atoms with Crippen molar-refractivity contribution in [1.29, 1.82) is 0 Å². The van der Waals surface area contributed by atoms with E-state index in [-0.39, 0.29) is 12.5 Å². The second-order valence-corrected chi connectivity index (χ2v) is 6.77. The Morgan fingerprint density at radius 3 is 2.22 bits per heavy atom. The Balaban J connectivity index is 1.48. The van der Waals surface area contributed by atoms with Gasteiger partial charge in [0.2, 0.25) is 0 Å². The first-order chi connectivity index (χ1) is 13.2. The third kappa shape index (κ3) is 5.91. The van der Waals surface area contributed by atoms with Gasteiger partial charge in [-0.05, 0) is 56.2 Å². The summed E-state index contributed by atoms with van der Waals surface area (Å²) in [6, 6.07) is 15.8. The molecule has 0 atom stereocenters. The molecule has 0 saturated heterocycles. The van der Waals surface area contributed by atoms with Crippen LogP contribution in [0.3, 0.4) is 0 Å². The Hall–Kier alpha value is -2.69. The number of hydrogen-bond donors (Lipinski definition) is 2. The summed E-state index contributed by atoms with van der Waals surface area (Å²) in [6.45, 7) is 2.40. The average Bonchev–Trinajstić information content (AvgIpc) is 2.70. The molecule has 0 spiro atoms. The Labute approximate surface area is 161 Å². The normalized spacial score (nSPS) is 14.4. The van der Waals surface area contributed by atoms with Gasteiger partial charge in [-0.25, -0.2) is 0 Å². The molecule has 1 fully saturated rings. The van der Waals surface area contributed by atoms with Crippen LogP contribution in [0.5, 0.6) is 11.5 Å². The van der Waals surface area contributed by atoms with Gasteiger partial charge in [-0.15, -0.1) is 0 Å². The zero-order valence-electron chi connectivity index (χ0n) is 15.9. The van der Waals surface area contributed by atoms with Gasteiger partial charge in [-0.2, -0.15) is 0 Å². The maximum atomic E-state index is 12.2. The highest BCUT2D eigenvalue weighted by atomic mass is 16.5. The second kappa shape index (κ2) is 9.86. The molecule has 2 N–H and O–H groups in total. The van der Waals surface area contributed by atoms with Crippen LogP contribution in [0.15, 0.2) is 48.5 Å². The fourth-order valence-electron chi connectivity index (χ4n) is 3.32. The minimum Gasteiger partial charge on any atom is -0.490 e. The van der Waals surface area contributed by atoms with E-state index in [9.17, 15) is 4.79 Å². The molecule has 0 unspecified atom stereocenters. The molecule has 144 valence electrons. The van der Waals surface area contributed by atoms with Crippen molar-refractivity contribution < 1.29 is 14.3 Å². The summed E-state index contributed by atoms with van der Waals surface area (Å²) in [6.07, 6.45) is 6.43. The van der Waals surface area contributed by atoms with E-state index in [2.05, 4.69) is 10.6 Å². The Bertz CT molecular complexity index is 725. The van der Waals surface area contributed by atoms with Crippen LogP contribution in [0.1, 0.15) is 39.0 Å². The molecule has 1 amide bonds. The summed E-state index contributed by atoms with van der Waals surface area (Å²) in [4.78, 5) is 12.2. The van der Waals surface area contributed by atoms with Crippen molar-refractivity contribution in [2.24, 2.45) is 0 Å². The highest BCUT2D eigenvalue weighted by Gasteiger charge is 2.13. The molecule has 0 aliphatic heterocycles. The predicted molar refractivity (Wildman–Crippen MR) is 109 cm³/mol. The van der Waals surface area contributed by atoms with E-state index < -0.39 is 0 Å². The van der Waals surface area contributed by atoms with Crippen LogP contribution >= 0.6 is 0 Å². The van der Waals surface area contributed by atoms with Crippen LogP contribution in [0.4, 0.5) is 11.4 Å². The van der Waals surface area contributed by atoms with Crippen molar-refractivity contribution in [2.45, 2.75) is 45.1 Å². The van der Waals surface area contributed by atoms with Gasteiger partial charge in [0.25, 0.3) is 5.91 Å². The van der Waals surface area contributed by atoms with Crippen LogP contribution in [-0.2, 0) is 4.79 Å². The number of carbonyl (C=O) groups excluding carboxylic acids is 1. The standard InChI is InChI=1S/C22H28N2O3/c1-2-26-20-10-6-7-11-21(20)27-16-22(25)24-19-14-12-18(13-15-19)23-17-8-4-3-5-9-17/h6-7,10-15,17,23H,2-5,8-9,16H2,1H3,(H,24,25). The monoisotopic (exact) mass is 368 g/mol. The first kappa shape index (κ1) is 19.1. The summed E-state index contributed by atoms with van der Waals surface area (Å²) in [5.41, 5.74) is 1.86. The number of amides is 1. The van der Waals surface area contributed by atoms with Gasteiger partial charge in [-0.3, -0.25) is 4.79 Å². The van der Waals surface area contributed by atoms with Gasteiger partial charge in [0.1, 0.15) is 0 Å². The van der Waals surface area contributed by atoms with Gasteiger partial charge >= 0.3 is 0 Å². The summed E-state index contributed by atoms with van der Waals surface area (Å²) < 4.78 is 11.1. The Morgan fingerprint density at radius 2 is 1.56 bits per heavy atom. The Morgan fingerprint density at radius 1 is 0.926 bits per heavy atom. The number of benzene rings is 2. The van der Waals surface area contributed by atoms with Crippen LogP contribution in [-0.4, -0.2) is 25.2 Å². The molecule has 0 aromatic heterocycles. The van der Waals surface area contributed by atoms with Gasteiger partial charge in [0, 0.05) is 17.4 Å². The Kier molecular flexibility index (Phi) is 6.97. The molecular weight excluding hydrogens is 340 g/mol. The molecule has 5 nitrogen and oxygen atoms in total. The lowest BCUT2D eigenvalue weighted by Crippen LogP contribution is -2.22. The van der Waals surface area contributed by atoms with Crippen LogP contribution in [0.25, 0.3) is 0 Å². The summed E-state index contributed by atoms with van der Waals surface area (Å²) in [5, 5.41) is 6.44. The van der Waals surface area contributed by atoms with Gasteiger partial charge < -0.3 is 20.1 Å². The maximum Gasteiger partial charge on any atom is 0.262 e. The van der Waals surface area contributed by atoms with Crippen molar-refractivity contribution in [3.8, 4) is 11.5 Å². The van der Waals surface area contributed by atoms with Crippen molar-refractivity contribution in [1.82, 2.24) is 0 Å². The minimum absolute atomic E-state index is 0.0633. The molecular formula is C22H28N2O3. The molecule has 2 aromatic carbocycles. The number of hydrogen-bond acceptors (Lipinski definition) is 4. The predicted octanol–water partition coefficient (Wildman–Crippen LogP) is 4.85. The zero-order valence-corrected chi connectivity index (χ0v) is 15.9. The number of carbonyl (C=O) groups is 1. The molecule has 1 aliphatic carbocycles. The van der Waals surface area contributed by atoms with E-state index in [1.807, 2.05) is 49.4 Å². The molecule has 5 heteroatoms. The van der Waals surface area contributed by atoms with Gasteiger partial charge in [0.05, 0.1) is 6.61 Å². The molecule has 0 radical (unpaired) electrons. The van der Waals surface area contributed by atoms with Crippen molar-refractivity contribution in [3.63, 3.8) is 0 Å². The third-order valence-electron chi connectivity index (χ3n) is 4.65. The summed E-state index contributed by atoms with van der Waals surface area (Å²) in [7, 11) is 0. The highest BCUT2D eigenvalue weighted by molar-refractivity contribution is 5.92. The SMILES string of the molecule is CCOc1ccccc1OCC(=O)Nc1ccc(NC2CCCCC2)cc1. The first-order valence-corrected chi connectivity index (χ1v) is 9.75. The first-order valence-electron chi connectivity index (χ1n) is 9.75. The number of ether oxygens (including phenoxy) is 2. The molecule has 1 aliphatic rings. The number of nitrogens with one attached hydrogen (secondary N) is 2. The topological polar surface area (TPSA) is 59.6 Å². The number of anilines is 2. The molecule has 27 heavy (non-hydrogen) atoms. The van der Waals surface area contributed by atoms with E-state index in [1.54, 1.807) is 6.07 Å². The smallest absolute Gasteiger partial charge is 0.262 e. The third-order valence-corrected chi connectivity index (χ3v) is 4.65. The molecule has 0 heterocycles. The summed E-state index contributed by atoms with van der Waals surface area (Å²) in [5.74, 6) is 1.02.